The van der Waals surface area contributed by atoms with Crippen LogP contribution >= 0.6 is 23.4 Å². The Bertz CT molecular complexity index is 1320. The number of anilines is 2. The number of carbonyl (C=O) groups excluding carboxylic acids is 3. The lowest BCUT2D eigenvalue weighted by molar-refractivity contribution is -0.142. The third-order valence-corrected chi connectivity index (χ3v) is 11.0. The van der Waals surface area contributed by atoms with Crippen LogP contribution in [0.4, 0.5) is 11.4 Å². The van der Waals surface area contributed by atoms with Crippen LogP contribution in [0, 0.1) is 17.8 Å². The second-order valence-corrected chi connectivity index (χ2v) is 14.2. The Morgan fingerprint density at radius 3 is 2.46 bits per heavy atom. The number of rotatable bonds is 10. The molecule has 3 aliphatic rings. The fourth-order valence-electron chi connectivity index (χ4n) is 7.06. The molecule has 3 aliphatic heterocycles. The van der Waals surface area contributed by atoms with Crippen LogP contribution in [-0.2, 0) is 14.4 Å². The normalized spacial score (nSPS) is 29.0. The average molecular weight is 600 g/mol. The molecule has 2 aromatic carbocycles. The zero-order valence-electron chi connectivity index (χ0n) is 23.9. The van der Waals surface area contributed by atoms with E-state index in [1.807, 2.05) is 27.7 Å². The van der Waals surface area contributed by atoms with Gasteiger partial charge >= 0.3 is 0 Å². The van der Waals surface area contributed by atoms with E-state index in [0.717, 1.165) is 0 Å². The summed E-state index contributed by atoms with van der Waals surface area (Å²) in [6.07, 6.45) is 1.85. The highest BCUT2D eigenvalue weighted by molar-refractivity contribution is 8.02. The van der Waals surface area contributed by atoms with Crippen molar-refractivity contribution in [2.45, 2.75) is 68.5 Å². The molecule has 3 N–H and O–H groups in total. The summed E-state index contributed by atoms with van der Waals surface area (Å²) in [5, 5.41) is 16.8. The molecule has 8 nitrogen and oxygen atoms in total. The number of nitrogens with zero attached hydrogens (tertiary/aromatic N) is 1. The number of aliphatic hydroxyl groups is 1. The van der Waals surface area contributed by atoms with Gasteiger partial charge in [-0.05, 0) is 75.4 Å². The van der Waals surface area contributed by atoms with E-state index in [1.165, 1.54) is 0 Å². The number of amides is 3. The molecule has 10 heteroatoms. The SMILES string of the molecule is CCOc1ccc(NC(=O)[C@@H]2[C@H]3C(=O)N([C@@H](CO)CC(C)C)C(C(=O)Nc4ccccc4Cl)C34CC[C@@]2(C)S4)cc1. The van der Waals surface area contributed by atoms with Crippen LogP contribution in [0.3, 0.4) is 0 Å². The van der Waals surface area contributed by atoms with Crippen molar-refractivity contribution < 1.29 is 24.2 Å². The summed E-state index contributed by atoms with van der Waals surface area (Å²) in [6.45, 7) is 8.26. The van der Waals surface area contributed by atoms with Gasteiger partial charge in [-0.15, -0.1) is 11.8 Å². The Balaban J connectivity index is 1.51. The van der Waals surface area contributed by atoms with Gasteiger partial charge in [0.25, 0.3) is 0 Å². The molecule has 41 heavy (non-hydrogen) atoms. The topological polar surface area (TPSA) is 108 Å². The van der Waals surface area contributed by atoms with Crippen molar-refractivity contribution in [3.05, 3.63) is 53.6 Å². The number of hydrogen-bond donors (Lipinski definition) is 3. The number of hydrogen-bond acceptors (Lipinski definition) is 6. The summed E-state index contributed by atoms with van der Waals surface area (Å²) < 4.78 is 4.20. The minimum Gasteiger partial charge on any atom is -0.494 e. The number of benzene rings is 2. The molecule has 6 atom stereocenters. The van der Waals surface area contributed by atoms with Gasteiger partial charge in [0.1, 0.15) is 11.8 Å². The maximum Gasteiger partial charge on any atom is 0.248 e. The number of likely N-dealkylation sites (tertiary alicyclic amines) is 1. The van der Waals surface area contributed by atoms with Crippen LogP contribution in [0.25, 0.3) is 0 Å². The predicted octanol–water partition coefficient (Wildman–Crippen LogP) is 5.20. The molecule has 220 valence electrons. The van der Waals surface area contributed by atoms with Gasteiger partial charge in [0.15, 0.2) is 0 Å². The van der Waals surface area contributed by atoms with Gasteiger partial charge in [-0.25, -0.2) is 0 Å². The van der Waals surface area contributed by atoms with E-state index >= 15 is 0 Å². The van der Waals surface area contributed by atoms with E-state index < -0.39 is 33.4 Å². The summed E-state index contributed by atoms with van der Waals surface area (Å²) >= 11 is 7.97. The second-order valence-electron chi connectivity index (χ2n) is 11.9. The molecular formula is C31H38ClN3O5S. The zero-order valence-corrected chi connectivity index (χ0v) is 25.4. The van der Waals surface area contributed by atoms with E-state index in [0.29, 0.717) is 48.0 Å². The first-order valence-electron chi connectivity index (χ1n) is 14.3. The van der Waals surface area contributed by atoms with Gasteiger partial charge < -0.3 is 25.4 Å². The highest BCUT2D eigenvalue weighted by atomic mass is 35.5. The van der Waals surface area contributed by atoms with Crippen molar-refractivity contribution >= 4 is 52.5 Å². The Kier molecular flexibility index (Phi) is 8.34. The molecule has 3 fully saturated rings. The minimum absolute atomic E-state index is 0.186. The van der Waals surface area contributed by atoms with Crippen LogP contribution in [0.1, 0.15) is 47.0 Å². The Labute approximate surface area is 250 Å². The standard InChI is InChI=1S/C31H38ClN3O5S/c1-5-40-21-12-10-19(11-13-21)33-27(37)24-25-29(39)35(20(17-36)16-18(2)3)26(31(25)15-14-30(24,4)41-31)28(38)34-23-9-7-6-8-22(23)32/h6-13,18,20,24-26,36H,5,14-17H2,1-4H3,(H,33,37)(H,34,38)/t20-,24+,25+,26?,30-,31?/m1/s1. The molecule has 0 saturated carbocycles. The van der Waals surface area contributed by atoms with Gasteiger partial charge in [-0.2, -0.15) is 0 Å². The molecule has 2 unspecified atom stereocenters. The lowest BCUT2D eigenvalue weighted by Gasteiger charge is -2.37. The average Bonchev–Trinajstić information content (AvgIpc) is 3.50. The second kappa shape index (κ2) is 11.5. The lowest BCUT2D eigenvalue weighted by atomic mass is 9.66. The molecule has 0 aliphatic carbocycles. The Morgan fingerprint density at radius 2 is 1.83 bits per heavy atom. The molecule has 0 aromatic heterocycles. The number of aliphatic hydroxyl groups excluding tert-OH is 1. The summed E-state index contributed by atoms with van der Waals surface area (Å²) in [4.78, 5) is 44.1. The van der Waals surface area contributed by atoms with Gasteiger partial charge in [0.2, 0.25) is 17.7 Å². The molecule has 2 aromatic rings. The number of para-hydroxylation sites is 1. The first-order chi connectivity index (χ1) is 19.5. The largest absolute Gasteiger partial charge is 0.494 e. The molecule has 2 bridgehead atoms. The van der Waals surface area contributed by atoms with Crippen molar-refractivity contribution in [1.29, 1.82) is 0 Å². The number of thioether (sulfide) groups is 1. The lowest BCUT2D eigenvalue weighted by Crippen LogP contribution is -2.55. The number of carbonyl (C=O) groups is 3. The molecule has 5 rings (SSSR count). The quantitative estimate of drug-likeness (QED) is 0.346. The molecule has 3 saturated heterocycles. The molecule has 3 heterocycles. The van der Waals surface area contributed by atoms with Crippen LogP contribution in [0.15, 0.2) is 48.5 Å². The summed E-state index contributed by atoms with van der Waals surface area (Å²) in [5.74, 6) is -1.27. The number of fused-ring (bicyclic) bond motifs is 1. The van der Waals surface area contributed by atoms with Crippen LogP contribution < -0.4 is 15.4 Å². The van der Waals surface area contributed by atoms with Gasteiger partial charge in [0.05, 0.1) is 46.5 Å². The monoisotopic (exact) mass is 599 g/mol. The summed E-state index contributed by atoms with van der Waals surface area (Å²) in [5.41, 5.74) is 1.08. The smallest absolute Gasteiger partial charge is 0.248 e. The van der Waals surface area contributed by atoms with Crippen LogP contribution in [0.2, 0.25) is 5.02 Å². The minimum atomic E-state index is -0.859. The zero-order chi connectivity index (χ0) is 29.5. The van der Waals surface area contributed by atoms with Crippen molar-refractivity contribution in [3.8, 4) is 5.75 Å². The van der Waals surface area contributed by atoms with Crippen molar-refractivity contribution in [2.75, 3.05) is 23.8 Å². The van der Waals surface area contributed by atoms with Crippen molar-refractivity contribution in [3.63, 3.8) is 0 Å². The van der Waals surface area contributed by atoms with Gasteiger partial charge in [-0.3, -0.25) is 14.4 Å². The highest BCUT2D eigenvalue weighted by Crippen LogP contribution is 2.71. The van der Waals surface area contributed by atoms with Crippen molar-refractivity contribution in [2.24, 2.45) is 17.8 Å². The fraction of sp³-hybridized carbons (Fsp3) is 0.516. The van der Waals surface area contributed by atoms with Crippen LogP contribution in [0.5, 0.6) is 5.75 Å². The van der Waals surface area contributed by atoms with E-state index in [9.17, 15) is 19.5 Å². The van der Waals surface area contributed by atoms with E-state index in [1.54, 1.807) is 65.2 Å². The predicted molar refractivity (Wildman–Crippen MR) is 162 cm³/mol. The first-order valence-corrected chi connectivity index (χ1v) is 15.5. The molecule has 1 spiro atoms. The third-order valence-electron chi connectivity index (χ3n) is 8.66. The Morgan fingerprint density at radius 1 is 1.12 bits per heavy atom. The first kappa shape index (κ1) is 29.7. The Hall–Kier alpha value is -2.75. The van der Waals surface area contributed by atoms with Crippen LogP contribution in [-0.4, -0.2) is 62.5 Å². The maximum atomic E-state index is 14.4. The molecule has 0 radical (unpaired) electrons. The number of halogens is 1. The molecule has 3 amide bonds. The van der Waals surface area contributed by atoms with E-state index in [4.69, 9.17) is 16.3 Å². The number of ether oxygens (including phenoxy) is 1. The summed E-state index contributed by atoms with van der Waals surface area (Å²) in [7, 11) is 0. The van der Waals surface area contributed by atoms with Crippen molar-refractivity contribution in [1.82, 2.24) is 4.90 Å². The number of nitrogens with one attached hydrogen (secondary N) is 2. The summed E-state index contributed by atoms with van der Waals surface area (Å²) in [6, 6.07) is 12.8. The van der Waals surface area contributed by atoms with Gasteiger partial charge in [0, 0.05) is 10.4 Å². The van der Waals surface area contributed by atoms with Gasteiger partial charge in [-0.1, -0.05) is 37.6 Å². The fourth-order valence-corrected chi connectivity index (χ4v) is 9.59. The maximum absolute atomic E-state index is 14.4. The molecular weight excluding hydrogens is 562 g/mol. The van der Waals surface area contributed by atoms with E-state index in [2.05, 4.69) is 10.6 Å². The third kappa shape index (κ3) is 5.21. The van der Waals surface area contributed by atoms with E-state index in [-0.39, 0.29) is 30.2 Å². The highest BCUT2D eigenvalue weighted by Gasteiger charge is 2.77.